The van der Waals surface area contributed by atoms with E-state index in [0.717, 1.165) is 23.8 Å². The summed E-state index contributed by atoms with van der Waals surface area (Å²) in [6.45, 7) is 8.45. The average molecular weight is 401 g/mol. The molecule has 1 atom stereocenters. The summed E-state index contributed by atoms with van der Waals surface area (Å²) >= 11 is 0. The van der Waals surface area contributed by atoms with Crippen LogP contribution < -0.4 is 10.2 Å². The summed E-state index contributed by atoms with van der Waals surface area (Å²) in [6.07, 6.45) is 2.03. The number of hydrogen-bond acceptors (Lipinski definition) is 3. The van der Waals surface area contributed by atoms with Crippen LogP contribution in [-0.2, 0) is 14.8 Å². The van der Waals surface area contributed by atoms with Crippen molar-refractivity contribution in [3.8, 4) is 0 Å². The summed E-state index contributed by atoms with van der Waals surface area (Å²) in [5.41, 5.74) is 0. The van der Waals surface area contributed by atoms with Gasteiger partial charge in [-0.15, -0.1) is 0 Å². The number of rotatable bonds is 8. The van der Waals surface area contributed by atoms with Crippen LogP contribution in [0.15, 0.2) is 29.2 Å². The quantitative estimate of drug-likeness (QED) is 0.673. The number of benzene rings is 1. The van der Waals surface area contributed by atoms with E-state index in [-0.39, 0.29) is 16.8 Å². The summed E-state index contributed by atoms with van der Waals surface area (Å²) in [7, 11) is -3.69. The summed E-state index contributed by atoms with van der Waals surface area (Å²) in [5, 5.41) is 3.02. The SMILES string of the molecule is CC(C)CC[C@@H](C)NC(=O)C[NH+]1CCN(S(=O)(=O)c2cccc(F)c2)CC1. The lowest BCUT2D eigenvalue weighted by Gasteiger charge is -2.31. The number of sulfonamides is 1. The van der Waals surface area contributed by atoms with Crippen molar-refractivity contribution in [3.63, 3.8) is 0 Å². The number of nitrogens with zero attached hydrogens (tertiary/aromatic N) is 1. The number of piperazine rings is 1. The van der Waals surface area contributed by atoms with Gasteiger partial charge >= 0.3 is 0 Å². The summed E-state index contributed by atoms with van der Waals surface area (Å²) in [4.78, 5) is 13.2. The Kier molecular flexibility index (Phi) is 7.76. The van der Waals surface area contributed by atoms with E-state index in [1.165, 1.54) is 22.5 Å². The van der Waals surface area contributed by atoms with Gasteiger partial charge in [-0.3, -0.25) is 4.79 Å². The van der Waals surface area contributed by atoms with Gasteiger partial charge in [-0.2, -0.15) is 4.31 Å². The van der Waals surface area contributed by atoms with Crippen LogP contribution >= 0.6 is 0 Å². The van der Waals surface area contributed by atoms with E-state index in [0.29, 0.717) is 38.6 Å². The van der Waals surface area contributed by atoms with Crippen LogP contribution in [0.2, 0.25) is 0 Å². The Hall–Kier alpha value is -1.51. The molecule has 0 saturated carbocycles. The van der Waals surface area contributed by atoms with Gasteiger partial charge in [0.05, 0.1) is 31.1 Å². The molecule has 27 heavy (non-hydrogen) atoms. The topological polar surface area (TPSA) is 70.9 Å². The predicted molar refractivity (Wildman–Crippen MR) is 102 cm³/mol. The number of nitrogens with one attached hydrogen (secondary N) is 2. The normalized spacial score (nSPS) is 17.8. The van der Waals surface area contributed by atoms with E-state index in [1.807, 2.05) is 6.92 Å². The van der Waals surface area contributed by atoms with Crippen molar-refractivity contribution < 1.29 is 22.5 Å². The van der Waals surface area contributed by atoms with Crippen LogP contribution in [0.4, 0.5) is 4.39 Å². The Morgan fingerprint density at radius 2 is 1.89 bits per heavy atom. The zero-order valence-electron chi connectivity index (χ0n) is 16.4. The lowest BCUT2D eigenvalue weighted by Crippen LogP contribution is -3.15. The molecule has 0 spiro atoms. The lowest BCUT2D eigenvalue weighted by atomic mass is 10.0. The van der Waals surface area contributed by atoms with Gasteiger partial charge in [0.2, 0.25) is 10.0 Å². The van der Waals surface area contributed by atoms with Gasteiger partial charge in [0.1, 0.15) is 5.82 Å². The number of carbonyl (C=O) groups excluding carboxylic acids is 1. The molecule has 1 amide bonds. The molecule has 1 aromatic carbocycles. The fraction of sp³-hybridized carbons (Fsp3) is 0.632. The number of halogens is 1. The predicted octanol–water partition coefficient (Wildman–Crippen LogP) is 0.656. The lowest BCUT2D eigenvalue weighted by molar-refractivity contribution is -0.895. The first-order valence-electron chi connectivity index (χ1n) is 9.57. The van der Waals surface area contributed by atoms with Crippen LogP contribution in [0.5, 0.6) is 0 Å². The van der Waals surface area contributed by atoms with Crippen LogP contribution in [0.25, 0.3) is 0 Å². The molecule has 0 radical (unpaired) electrons. The Balaban J connectivity index is 1.82. The largest absolute Gasteiger partial charge is 0.349 e. The fourth-order valence-corrected chi connectivity index (χ4v) is 4.68. The van der Waals surface area contributed by atoms with Gasteiger partial charge in [-0.1, -0.05) is 19.9 Å². The van der Waals surface area contributed by atoms with Crippen molar-refractivity contribution in [1.29, 1.82) is 0 Å². The first kappa shape index (κ1) is 21.8. The van der Waals surface area contributed by atoms with Gasteiger partial charge in [0, 0.05) is 6.04 Å². The van der Waals surface area contributed by atoms with E-state index in [4.69, 9.17) is 0 Å². The summed E-state index contributed by atoms with van der Waals surface area (Å²) < 4.78 is 39.9. The third-order valence-corrected chi connectivity index (χ3v) is 6.75. The molecule has 1 saturated heterocycles. The molecule has 8 heteroatoms. The zero-order valence-corrected chi connectivity index (χ0v) is 17.2. The second kappa shape index (κ2) is 9.61. The molecule has 0 bridgehead atoms. The highest BCUT2D eigenvalue weighted by atomic mass is 32.2. The Morgan fingerprint density at radius 3 is 2.48 bits per heavy atom. The standard InChI is InChI=1S/C19H30FN3O3S/c1-15(2)7-8-16(3)21-19(24)14-22-9-11-23(12-10-22)27(25,26)18-6-4-5-17(20)13-18/h4-6,13,15-16H,7-12,14H2,1-3H3,(H,21,24)/p+1/t16-/m1/s1. The molecule has 0 unspecified atom stereocenters. The molecule has 1 fully saturated rings. The molecule has 152 valence electrons. The molecular formula is C19H31FN3O3S+. The molecule has 2 N–H and O–H groups in total. The van der Waals surface area contributed by atoms with E-state index in [1.54, 1.807) is 0 Å². The van der Waals surface area contributed by atoms with Gasteiger partial charge < -0.3 is 10.2 Å². The van der Waals surface area contributed by atoms with E-state index in [9.17, 15) is 17.6 Å². The Morgan fingerprint density at radius 1 is 1.22 bits per heavy atom. The van der Waals surface area contributed by atoms with Crippen LogP contribution in [0.3, 0.4) is 0 Å². The second-order valence-corrected chi connectivity index (χ2v) is 9.67. The molecular weight excluding hydrogens is 369 g/mol. The summed E-state index contributed by atoms with van der Waals surface area (Å²) in [5.74, 6) is 0.0504. The minimum Gasteiger partial charge on any atom is -0.349 e. The third kappa shape index (κ3) is 6.55. The highest BCUT2D eigenvalue weighted by molar-refractivity contribution is 7.89. The Labute approximate surface area is 161 Å². The van der Waals surface area contributed by atoms with Crippen LogP contribution in [-0.4, -0.2) is 57.4 Å². The number of amides is 1. The second-order valence-electron chi connectivity index (χ2n) is 7.73. The molecule has 6 nitrogen and oxygen atoms in total. The maximum absolute atomic E-state index is 13.3. The number of quaternary nitrogens is 1. The minimum absolute atomic E-state index is 0.00249. The van der Waals surface area contributed by atoms with Gasteiger partial charge in [0.25, 0.3) is 5.91 Å². The molecule has 0 aromatic heterocycles. The molecule has 1 aliphatic heterocycles. The zero-order chi connectivity index (χ0) is 20.0. The van der Waals surface area contributed by atoms with Gasteiger partial charge in [0.15, 0.2) is 6.54 Å². The first-order chi connectivity index (χ1) is 12.7. The minimum atomic E-state index is -3.69. The fourth-order valence-electron chi connectivity index (χ4n) is 3.20. The van der Waals surface area contributed by atoms with Gasteiger partial charge in [-0.25, -0.2) is 12.8 Å². The average Bonchev–Trinajstić information content (AvgIpc) is 2.60. The van der Waals surface area contributed by atoms with Crippen molar-refractivity contribution in [2.75, 3.05) is 32.7 Å². The summed E-state index contributed by atoms with van der Waals surface area (Å²) in [6, 6.07) is 5.22. The molecule has 1 aromatic rings. The van der Waals surface area contributed by atoms with Crippen molar-refractivity contribution in [1.82, 2.24) is 9.62 Å². The maximum atomic E-state index is 13.3. The highest BCUT2D eigenvalue weighted by Crippen LogP contribution is 2.16. The van der Waals surface area contributed by atoms with E-state index >= 15 is 0 Å². The maximum Gasteiger partial charge on any atom is 0.275 e. The number of carbonyl (C=O) groups is 1. The monoisotopic (exact) mass is 400 g/mol. The smallest absolute Gasteiger partial charge is 0.275 e. The highest BCUT2D eigenvalue weighted by Gasteiger charge is 2.31. The molecule has 1 heterocycles. The van der Waals surface area contributed by atoms with Crippen LogP contribution in [0, 0.1) is 11.7 Å². The first-order valence-corrected chi connectivity index (χ1v) is 11.0. The van der Waals surface area contributed by atoms with Crippen molar-refractivity contribution in [2.45, 2.75) is 44.6 Å². The molecule has 1 aliphatic rings. The van der Waals surface area contributed by atoms with Crippen molar-refractivity contribution >= 4 is 15.9 Å². The number of hydrogen-bond donors (Lipinski definition) is 2. The third-order valence-electron chi connectivity index (χ3n) is 4.86. The van der Waals surface area contributed by atoms with Gasteiger partial charge in [-0.05, 0) is 43.9 Å². The van der Waals surface area contributed by atoms with Crippen LogP contribution in [0.1, 0.15) is 33.6 Å². The molecule has 2 rings (SSSR count). The van der Waals surface area contributed by atoms with E-state index in [2.05, 4.69) is 19.2 Å². The van der Waals surface area contributed by atoms with Crippen molar-refractivity contribution in [3.05, 3.63) is 30.1 Å². The Bertz CT molecular complexity index is 731. The van der Waals surface area contributed by atoms with E-state index < -0.39 is 15.8 Å². The molecule has 0 aliphatic carbocycles. The van der Waals surface area contributed by atoms with Crippen molar-refractivity contribution in [2.24, 2.45) is 5.92 Å².